The average molecular weight is 286 g/mol. The summed E-state index contributed by atoms with van der Waals surface area (Å²) in [6.07, 6.45) is -0.552. The molecule has 2 N–H and O–H groups in total. The molecule has 0 saturated heterocycles. The van der Waals surface area contributed by atoms with Gasteiger partial charge in [0, 0.05) is 18.1 Å². The number of rotatable bonds is 5. The van der Waals surface area contributed by atoms with Gasteiger partial charge in [-0.1, -0.05) is 11.6 Å². The second-order valence-corrected chi connectivity index (χ2v) is 5.13. The summed E-state index contributed by atoms with van der Waals surface area (Å²) < 4.78 is 13.0. The van der Waals surface area contributed by atoms with Crippen molar-refractivity contribution >= 4 is 22.9 Å². The molecule has 96 valence electrons. The van der Waals surface area contributed by atoms with Gasteiger partial charge in [0.2, 0.25) is 0 Å². The Balaban J connectivity index is 1.87. The molecule has 2 nitrogen and oxygen atoms in total. The molecule has 0 aliphatic carbocycles. The van der Waals surface area contributed by atoms with Gasteiger partial charge >= 0.3 is 0 Å². The Morgan fingerprint density at radius 3 is 2.94 bits per heavy atom. The highest BCUT2D eigenvalue weighted by atomic mass is 35.5. The van der Waals surface area contributed by atoms with E-state index >= 15 is 0 Å². The summed E-state index contributed by atoms with van der Waals surface area (Å²) in [5, 5.41) is 17.3. The third-order valence-corrected chi connectivity index (χ3v) is 3.66. The van der Waals surface area contributed by atoms with E-state index in [1.807, 2.05) is 16.8 Å². The second-order valence-electron chi connectivity index (χ2n) is 3.94. The van der Waals surface area contributed by atoms with E-state index in [0.717, 1.165) is 5.56 Å². The summed E-state index contributed by atoms with van der Waals surface area (Å²) in [5.74, 6) is -0.311. The van der Waals surface area contributed by atoms with E-state index in [4.69, 9.17) is 11.6 Å². The van der Waals surface area contributed by atoms with E-state index in [1.165, 1.54) is 18.2 Å². The average Bonchev–Trinajstić information content (AvgIpc) is 2.87. The number of thiophene rings is 1. The summed E-state index contributed by atoms with van der Waals surface area (Å²) in [5.41, 5.74) is 1.58. The number of halogens is 2. The van der Waals surface area contributed by atoms with Crippen molar-refractivity contribution in [3.8, 4) is 0 Å². The molecule has 5 heteroatoms. The van der Waals surface area contributed by atoms with Crippen molar-refractivity contribution in [3.05, 3.63) is 57.0 Å². The molecule has 2 rings (SSSR count). The van der Waals surface area contributed by atoms with E-state index in [2.05, 4.69) is 5.32 Å². The number of hydrogen-bond acceptors (Lipinski definition) is 3. The van der Waals surface area contributed by atoms with Gasteiger partial charge in [0.05, 0.1) is 6.10 Å². The quantitative estimate of drug-likeness (QED) is 0.883. The minimum atomic E-state index is -0.552. The molecular weight excluding hydrogens is 273 g/mol. The van der Waals surface area contributed by atoms with Crippen molar-refractivity contribution in [3.63, 3.8) is 0 Å². The third kappa shape index (κ3) is 3.53. The van der Waals surface area contributed by atoms with Gasteiger partial charge < -0.3 is 10.4 Å². The second kappa shape index (κ2) is 6.29. The largest absolute Gasteiger partial charge is 0.387 e. The lowest BCUT2D eigenvalue weighted by molar-refractivity contribution is 0.175. The van der Waals surface area contributed by atoms with Crippen molar-refractivity contribution in [2.75, 3.05) is 6.54 Å². The molecule has 0 radical (unpaired) electrons. The number of aliphatic hydroxyl groups is 1. The Morgan fingerprint density at radius 1 is 1.39 bits per heavy atom. The molecule has 0 spiro atoms. The van der Waals surface area contributed by atoms with Crippen molar-refractivity contribution in [2.24, 2.45) is 0 Å². The molecule has 18 heavy (non-hydrogen) atoms. The van der Waals surface area contributed by atoms with E-state index in [9.17, 15) is 9.50 Å². The molecule has 1 aromatic carbocycles. The van der Waals surface area contributed by atoms with Crippen LogP contribution in [0.1, 0.15) is 17.2 Å². The van der Waals surface area contributed by atoms with Crippen LogP contribution in [0, 0.1) is 5.82 Å². The van der Waals surface area contributed by atoms with Crippen LogP contribution in [-0.4, -0.2) is 11.7 Å². The lowest BCUT2D eigenvalue weighted by Crippen LogP contribution is -2.21. The van der Waals surface area contributed by atoms with Crippen molar-refractivity contribution in [1.29, 1.82) is 0 Å². The van der Waals surface area contributed by atoms with Gasteiger partial charge in [-0.25, -0.2) is 4.39 Å². The molecular formula is C13H13ClFNOS. The zero-order chi connectivity index (χ0) is 13.0. The molecule has 0 aliphatic rings. The summed E-state index contributed by atoms with van der Waals surface area (Å²) in [6.45, 7) is 0.835. The molecule has 0 bridgehead atoms. The van der Waals surface area contributed by atoms with Crippen LogP contribution in [0.25, 0.3) is 0 Å². The third-order valence-electron chi connectivity index (χ3n) is 2.59. The first-order chi connectivity index (χ1) is 8.66. The zero-order valence-electron chi connectivity index (χ0n) is 9.57. The number of benzene rings is 1. The lowest BCUT2D eigenvalue weighted by atomic mass is 10.2. The fraction of sp³-hybridized carbons (Fsp3) is 0.231. The predicted octanol–water partition coefficient (Wildman–Crippen LogP) is 3.36. The maximum atomic E-state index is 13.0. The van der Waals surface area contributed by atoms with Crippen LogP contribution in [0.3, 0.4) is 0 Å². The van der Waals surface area contributed by atoms with Gasteiger partial charge in [0.15, 0.2) is 0 Å². The lowest BCUT2D eigenvalue weighted by Gasteiger charge is -2.11. The number of aliphatic hydroxyl groups excluding tert-OH is 1. The standard InChI is InChI=1S/C13H13ClFNOS/c14-12-2-1-11(15)5-10(12)6-16-7-13(17)9-3-4-18-8-9/h1-5,8,13,16-17H,6-7H2. The van der Waals surface area contributed by atoms with Crippen LogP contribution >= 0.6 is 22.9 Å². The molecule has 1 heterocycles. The molecule has 0 saturated carbocycles. The van der Waals surface area contributed by atoms with Gasteiger partial charge in [-0.15, -0.1) is 0 Å². The Labute approximate surface area is 114 Å². The highest BCUT2D eigenvalue weighted by molar-refractivity contribution is 7.07. The molecule has 2 aromatic rings. The summed E-state index contributed by atoms with van der Waals surface area (Å²) in [7, 11) is 0. The first kappa shape index (κ1) is 13.5. The zero-order valence-corrected chi connectivity index (χ0v) is 11.1. The molecule has 1 unspecified atom stereocenters. The fourth-order valence-corrected chi connectivity index (χ4v) is 2.50. The van der Waals surface area contributed by atoms with Crippen molar-refractivity contribution < 1.29 is 9.50 Å². The highest BCUT2D eigenvalue weighted by Crippen LogP contribution is 2.18. The summed E-state index contributed by atoms with van der Waals surface area (Å²) in [4.78, 5) is 0. The van der Waals surface area contributed by atoms with E-state index in [-0.39, 0.29) is 5.82 Å². The summed E-state index contributed by atoms with van der Waals surface area (Å²) in [6, 6.07) is 6.13. The first-order valence-electron chi connectivity index (χ1n) is 5.51. The van der Waals surface area contributed by atoms with E-state index < -0.39 is 6.10 Å². The topological polar surface area (TPSA) is 32.3 Å². The maximum Gasteiger partial charge on any atom is 0.123 e. The number of nitrogens with one attached hydrogen (secondary N) is 1. The maximum absolute atomic E-state index is 13.0. The summed E-state index contributed by atoms with van der Waals surface area (Å²) >= 11 is 7.49. The molecule has 0 amide bonds. The smallest absolute Gasteiger partial charge is 0.123 e. The highest BCUT2D eigenvalue weighted by Gasteiger charge is 2.08. The van der Waals surface area contributed by atoms with Gasteiger partial charge in [0.1, 0.15) is 5.82 Å². The first-order valence-corrected chi connectivity index (χ1v) is 6.83. The monoisotopic (exact) mass is 285 g/mol. The molecule has 0 aliphatic heterocycles. The molecule has 1 aromatic heterocycles. The molecule has 0 fully saturated rings. The van der Waals surface area contributed by atoms with Crippen LogP contribution in [-0.2, 0) is 6.54 Å². The van der Waals surface area contributed by atoms with Crippen molar-refractivity contribution in [2.45, 2.75) is 12.6 Å². The van der Waals surface area contributed by atoms with Crippen LogP contribution in [0.5, 0.6) is 0 Å². The Kier molecular flexibility index (Phi) is 4.72. The van der Waals surface area contributed by atoms with Crippen molar-refractivity contribution in [1.82, 2.24) is 5.32 Å². The van der Waals surface area contributed by atoms with Crippen LogP contribution < -0.4 is 5.32 Å². The minimum absolute atomic E-state index is 0.311. The number of hydrogen-bond donors (Lipinski definition) is 2. The van der Waals surface area contributed by atoms with Crippen LogP contribution in [0.4, 0.5) is 4.39 Å². The van der Waals surface area contributed by atoms with E-state index in [0.29, 0.717) is 23.7 Å². The van der Waals surface area contributed by atoms with Gasteiger partial charge in [-0.2, -0.15) is 11.3 Å². The van der Waals surface area contributed by atoms with E-state index in [1.54, 1.807) is 11.3 Å². The minimum Gasteiger partial charge on any atom is -0.387 e. The normalized spacial score (nSPS) is 12.6. The Morgan fingerprint density at radius 2 is 2.22 bits per heavy atom. The Bertz CT molecular complexity index is 504. The fourth-order valence-electron chi connectivity index (χ4n) is 1.60. The SMILES string of the molecule is OC(CNCc1cc(F)ccc1Cl)c1ccsc1. The predicted molar refractivity (Wildman–Crippen MR) is 72.4 cm³/mol. The van der Waals surface area contributed by atoms with Gasteiger partial charge in [-0.05, 0) is 46.2 Å². The van der Waals surface area contributed by atoms with Crippen LogP contribution in [0.15, 0.2) is 35.0 Å². The van der Waals surface area contributed by atoms with Gasteiger partial charge in [-0.3, -0.25) is 0 Å². The Hall–Kier alpha value is -0.940. The van der Waals surface area contributed by atoms with Crippen LogP contribution in [0.2, 0.25) is 5.02 Å². The van der Waals surface area contributed by atoms with Gasteiger partial charge in [0.25, 0.3) is 0 Å². The molecule has 1 atom stereocenters.